The van der Waals surface area contributed by atoms with E-state index in [0.29, 0.717) is 6.10 Å². The number of benzene rings is 1. The number of rotatable bonds is 1. The van der Waals surface area contributed by atoms with Crippen LogP contribution in [-0.4, -0.2) is 10.5 Å². The normalized spacial score (nSPS) is 27.6. The molecule has 1 fully saturated rings. The van der Waals surface area contributed by atoms with Gasteiger partial charge in [-0.15, -0.1) is 0 Å². The highest BCUT2D eigenvalue weighted by molar-refractivity contribution is 14.1. The minimum Gasteiger partial charge on any atom is -0.373 e. The van der Waals surface area contributed by atoms with E-state index in [2.05, 4.69) is 62.8 Å². The van der Waals surface area contributed by atoms with Crippen LogP contribution >= 0.6 is 38.5 Å². The molecular weight excluding hydrogens is 355 g/mol. The van der Waals surface area contributed by atoms with E-state index in [9.17, 15) is 0 Å². The lowest BCUT2D eigenvalue weighted by atomic mass is 10.0. The number of alkyl halides is 1. The van der Waals surface area contributed by atoms with E-state index in [-0.39, 0.29) is 0 Å². The highest BCUT2D eigenvalue weighted by Gasteiger charge is 2.21. The molecule has 1 aromatic rings. The van der Waals surface area contributed by atoms with Crippen molar-refractivity contribution in [2.45, 2.75) is 22.9 Å². The van der Waals surface area contributed by atoms with Gasteiger partial charge in [-0.2, -0.15) is 0 Å². The molecule has 1 aliphatic rings. The molecule has 0 unspecified atom stereocenters. The van der Waals surface area contributed by atoms with Gasteiger partial charge in [0.1, 0.15) is 0 Å². The zero-order valence-corrected chi connectivity index (χ0v) is 11.5. The van der Waals surface area contributed by atoms with E-state index < -0.39 is 0 Å². The van der Waals surface area contributed by atoms with Crippen molar-refractivity contribution < 1.29 is 4.74 Å². The zero-order valence-electron chi connectivity index (χ0n) is 7.75. The summed E-state index contributed by atoms with van der Waals surface area (Å²) in [5.41, 5.74) is 1.30. The highest BCUT2D eigenvalue weighted by Crippen LogP contribution is 2.32. The zero-order chi connectivity index (χ0) is 9.97. The molecule has 3 heteroatoms. The highest BCUT2D eigenvalue weighted by atomic mass is 127. The first-order valence-corrected chi connectivity index (χ1v) is 6.80. The molecule has 76 valence electrons. The van der Waals surface area contributed by atoms with E-state index in [1.165, 1.54) is 12.0 Å². The van der Waals surface area contributed by atoms with Crippen molar-refractivity contribution in [1.82, 2.24) is 0 Å². The Labute approximate surface area is 106 Å². The van der Waals surface area contributed by atoms with Gasteiger partial charge in [0.15, 0.2) is 0 Å². The quantitative estimate of drug-likeness (QED) is 0.537. The molecule has 0 amide bonds. The van der Waals surface area contributed by atoms with E-state index in [1.807, 2.05) is 0 Å². The van der Waals surface area contributed by atoms with Gasteiger partial charge in [-0.25, -0.2) is 0 Å². The molecule has 1 heterocycles. The lowest BCUT2D eigenvalue weighted by molar-refractivity contribution is 0.0199. The first kappa shape index (κ1) is 10.9. The summed E-state index contributed by atoms with van der Waals surface area (Å²) < 4.78 is 7.64. The maximum absolute atomic E-state index is 5.75. The van der Waals surface area contributed by atoms with Crippen molar-refractivity contribution >= 4 is 38.5 Å². The van der Waals surface area contributed by atoms with Gasteiger partial charge in [-0.05, 0) is 30.5 Å². The van der Waals surface area contributed by atoms with Crippen LogP contribution < -0.4 is 0 Å². The van der Waals surface area contributed by atoms with E-state index >= 15 is 0 Å². The van der Waals surface area contributed by atoms with Crippen LogP contribution in [0.5, 0.6) is 0 Å². The van der Waals surface area contributed by atoms with E-state index in [0.717, 1.165) is 21.4 Å². The van der Waals surface area contributed by atoms with E-state index in [4.69, 9.17) is 4.74 Å². The maximum Gasteiger partial charge on any atom is 0.0834 e. The monoisotopic (exact) mass is 366 g/mol. The lowest BCUT2D eigenvalue weighted by Crippen LogP contribution is -2.19. The number of halogens is 2. The molecule has 0 bridgehead atoms. The predicted octanol–water partition coefficient (Wildman–Crippen LogP) is 4.10. The number of hydrogen-bond acceptors (Lipinski definition) is 1. The third kappa shape index (κ3) is 2.70. The fourth-order valence-corrected chi connectivity index (χ4v) is 2.65. The summed E-state index contributed by atoms with van der Waals surface area (Å²) in [7, 11) is 0. The molecule has 14 heavy (non-hydrogen) atoms. The van der Waals surface area contributed by atoms with Crippen LogP contribution in [0.1, 0.15) is 24.5 Å². The summed E-state index contributed by atoms with van der Waals surface area (Å²) in [6.07, 6.45) is 2.63. The van der Waals surface area contributed by atoms with Gasteiger partial charge in [0.2, 0.25) is 0 Å². The summed E-state index contributed by atoms with van der Waals surface area (Å²) in [6, 6.07) is 8.44. The van der Waals surface area contributed by atoms with Crippen molar-refractivity contribution in [2.75, 3.05) is 6.61 Å². The van der Waals surface area contributed by atoms with Crippen LogP contribution in [0.3, 0.4) is 0 Å². The lowest BCUT2D eigenvalue weighted by Gasteiger charge is -2.26. The Morgan fingerprint density at radius 3 is 2.64 bits per heavy atom. The summed E-state index contributed by atoms with van der Waals surface area (Å²) in [6.45, 7) is 0.897. The first-order valence-electron chi connectivity index (χ1n) is 4.77. The molecule has 0 saturated carbocycles. The minimum atomic E-state index is 0.304. The van der Waals surface area contributed by atoms with Crippen molar-refractivity contribution in [1.29, 1.82) is 0 Å². The van der Waals surface area contributed by atoms with Crippen LogP contribution in [-0.2, 0) is 4.74 Å². The molecule has 1 nitrogen and oxygen atoms in total. The largest absolute Gasteiger partial charge is 0.373 e. The first-order chi connectivity index (χ1) is 6.75. The van der Waals surface area contributed by atoms with Crippen LogP contribution in [0.25, 0.3) is 0 Å². The smallest absolute Gasteiger partial charge is 0.0834 e. The molecule has 0 aromatic heterocycles. The average Bonchev–Trinajstić information content (AvgIpc) is 2.19. The Morgan fingerprint density at radius 2 is 2.00 bits per heavy atom. The Morgan fingerprint density at radius 1 is 1.29 bits per heavy atom. The molecule has 1 saturated heterocycles. The fraction of sp³-hybridized carbons (Fsp3) is 0.455. The average molecular weight is 367 g/mol. The van der Waals surface area contributed by atoms with Gasteiger partial charge >= 0.3 is 0 Å². The van der Waals surface area contributed by atoms with Gasteiger partial charge in [-0.3, -0.25) is 0 Å². The topological polar surface area (TPSA) is 9.23 Å². The summed E-state index contributed by atoms with van der Waals surface area (Å²) in [5, 5.41) is 0. The van der Waals surface area contributed by atoms with Crippen molar-refractivity contribution in [3.8, 4) is 0 Å². The molecule has 1 aromatic carbocycles. The third-order valence-electron chi connectivity index (χ3n) is 2.46. The molecule has 0 radical (unpaired) electrons. The SMILES string of the molecule is Brc1ccc([C@H]2C[C@H](I)CCO2)cc1. The van der Waals surface area contributed by atoms with Gasteiger partial charge in [0.05, 0.1) is 6.10 Å². The summed E-state index contributed by atoms with van der Waals surface area (Å²) >= 11 is 5.96. The summed E-state index contributed by atoms with van der Waals surface area (Å²) in [5.74, 6) is 0. The van der Waals surface area contributed by atoms with E-state index in [1.54, 1.807) is 0 Å². The molecule has 1 aliphatic heterocycles. The second-order valence-corrected chi connectivity index (χ2v) is 6.21. The van der Waals surface area contributed by atoms with Gasteiger partial charge in [0.25, 0.3) is 0 Å². The Kier molecular flexibility index (Phi) is 3.85. The molecule has 2 rings (SSSR count). The Hall–Kier alpha value is 0.390. The molecule has 0 spiro atoms. The summed E-state index contributed by atoms with van der Waals surface area (Å²) in [4.78, 5) is 0. The minimum absolute atomic E-state index is 0.304. The van der Waals surface area contributed by atoms with Crippen molar-refractivity contribution in [3.05, 3.63) is 34.3 Å². The van der Waals surface area contributed by atoms with Gasteiger partial charge in [-0.1, -0.05) is 50.7 Å². The van der Waals surface area contributed by atoms with Crippen molar-refractivity contribution in [3.63, 3.8) is 0 Å². The second kappa shape index (κ2) is 4.94. The number of ether oxygens (including phenoxy) is 1. The second-order valence-electron chi connectivity index (χ2n) is 3.53. The Bertz CT molecular complexity index is 299. The molecular formula is C11H12BrIO. The number of hydrogen-bond donors (Lipinski definition) is 0. The van der Waals surface area contributed by atoms with Crippen LogP contribution in [0.15, 0.2) is 28.7 Å². The molecule has 0 aliphatic carbocycles. The van der Waals surface area contributed by atoms with Crippen LogP contribution in [0.4, 0.5) is 0 Å². The van der Waals surface area contributed by atoms with Gasteiger partial charge in [0, 0.05) is 15.0 Å². The van der Waals surface area contributed by atoms with Gasteiger partial charge < -0.3 is 4.74 Å². The standard InChI is InChI=1S/C11H12BrIO/c12-9-3-1-8(2-4-9)11-7-10(13)5-6-14-11/h1-4,10-11H,5-7H2/t10-,11-/m1/s1. The van der Waals surface area contributed by atoms with Crippen LogP contribution in [0.2, 0.25) is 0 Å². The Balaban J connectivity index is 2.10. The molecule has 0 N–H and O–H groups in total. The third-order valence-corrected chi connectivity index (χ3v) is 4.12. The predicted molar refractivity (Wildman–Crippen MR) is 69.9 cm³/mol. The molecule has 2 atom stereocenters. The fourth-order valence-electron chi connectivity index (χ4n) is 1.67. The maximum atomic E-state index is 5.75. The van der Waals surface area contributed by atoms with Crippen molar-refractivity contribution in [2.24, 2.45) is 0 Å². The van der Waals surface area contributed by atoms with Crippen LogP contribution in [0, 0.1) is 0 Å².